The van der Waals surface area contributed by atoms with E-state index in [2.05, 4.69) is 15.0 Å². The number of rotatable bonds is 7. The van der Waals surface area contributed by atoms with Crippen molar-refractivity contribution in [3.05, 3.63) is 99.1 Å². The zero-order chi connectivity index (χ0) is 25.2. The fraction of sp³-hybridized carbons (Fsp3) is 0.0870. The number of amides is 1. The van der Waals surface area contributed by atoms with E-state index in [1.165, 1.54) is 55.5 Å². The second-order valence-corrected chi connectivity index (χ2v) is 9.23. The van der Waals surface area contributed by atoms with E-state index in [0.29, 0.717) is 11.2 Å². The van der Waals surface area contributed by atoms with Gasteiger partial charge in [-0.2, -0.15) is 0 Å². The number of hydrogen-bond acceptors (Lipinski definition) is 7. The first-order chi connectivity index (χ1) is 16.7. The zero-order valence-corrected chi connectivity index (χ0v) is 19.2. The summed E-state index contributed by atoms with van der Waals surface area (Å²) in [4.78, 5) is 39.8. The standard InChI is InChI=1S/C23H19N5O6S/c1-15(29)25-16-10-12-17(13-11-16)35(33,34)24-14-22-26-19-7-3-2-6-18(19)23(30)27(22)20-8-4-5-9-21(20)28(31)32/h2-13,24H,14H2,1H3,(H,25,29). The molecular weight excluding hydrogens is 474 g/mol. The van der Waals surface area contributed by atoms with Crippen LogP contribution >= 0.6 is 0 Å². The Morgan fingerprint density at radius 2 is 1.69 bits per heavy atom. The lowest BCUT2D eigenvalue weighted by molar-refractivity contribution is -0.384. The van der Waals surface area contributed by atoms with Gasteiger partial charge in [0.1, 0.15) is 11.5 Å². The van der Waals surface area contributed by atoms with E-state index in [0.717, 1.165) is 4.57 Å². The Morgan fingerprint density at radius 1 is 1.03 bits per heavy atom. The fourth-order valence-corrected chi connectivity index (χ4v) is 4.50. The normalized spacial score (nSPS) is 11.3. The second-order valence-electron chi connectivity index (χ2n) is 7.46. The van der Waals surface area contributed by atoms with E-state index >= 15 is 0 Å². The van der Waals surface area contributed by atoms with Crippen LogP contribution < -0.4 is 15.6 Å². The lowest BCUT2D eigenvalue weighted by Gasteiger charge is -2.15. The number of fused-ring (bicyclic) bond motifs is 1. The van der Waals surface area contributed by atoms with Crippen molar-refractivity contribution >= 4 is 38.2 Å². The van der Waals surface area contributed by atoms with Crippen LogP contribution in [-0.4, -0.2) is 28.8 Å². The average molecular weight is 494 g/mol. The van der Waals surface area contributed by atoms with Crippen LogP contribution in [0.1, 0.15) is 12.7 Å². The van der Waals surface area contributed by atoms with Gasteiger partial charge >= 0.3 is 0 Å². The highest BCUT2D eigenvalue weighted by atomic mass is 32.2. The molecule has 2 N–H and O–H groups in total. The largest absolute Gasteiger partial charge is 0.326 e. The van der Waals surface area contributed by atoms with Crippen LogP contribution in [0.4, 0.5) is 11.4 Å². The molecule has 1 amide bonds. The van der Waals surface area contributed by atoms with Crippen molar-refractivity contribution < 1.29 is 18.1 Å². The number of nitro groups is 1. The van der Waals surface area contributed by atoms with Gasteiger partial charge in [0.2, 0.25) is 15.9 Å². The highest BCUT2D eigenvalue weighted by Crippen LogP contribution is 2.23. The summed E-state index contributed by atoms with van der Waals surface area (Å²) >= 11 is 0. The Morgan fingerprint density at radius 3 is 2.37 bits per heavy atom. The van der Waals surface area contributed by atoms with E-state index in [1.54, 1.807) is 24.3 Å². The summed E-state index contributed by atoms with van der Waals surface area (Å²) in [6.45, 7) is 0.918. The smallest absolute Gasteiger partial charge is 0.293 e. The number of nitro benzene ring substituents is 1. The average Bonchev–Trinajstić information content (AvgIpc) is 2.83. The summed E-state index contributed by atoms with van der Waals surface area (Å²) in [5.41, 5.74) is -0.184. The van der Waals surface area contributed by atoms with Gasteiger partial charge in [-0.3, -0.25) is 24.3 Å². The van der Waals surface area contributed by atoms with Crippen molar-refractivity contribution in [3.8, 4) is 5.69 Å². The summed E-state index contributed by atoms with van der Waals surface area (Å²) in [5.74, 6) is -0.324. The maximum atomic E-state index is 13.3. The third kappa shape index (κ3) is 4.93. The molecule has 0 aliphatic rings. The summed E-state index contributed by atoms with van der Waals surface area (Å²) in [6, 6.07) is 17.6. The molecule has 0 fully saturated rings. The van der Waals surface area contributed by atoms with Gasteiger partial charge in [-0.1, -0.05) is 24.3 Å². The molecular formula is C23H19N5O6S. The Hall–Kier alpha value is -4.42. The second kappa shape index (κ2) is 9.44. The molecule has 35 heavy (non-hydrogen) atoms. The summed E-state index contributed by atoms with van der Waals surface area (Å²) in [6.07, 6.45) is 0. The molecule has 12 heteroatoms. The minimum atomic E-state index is -4.05. The third-order valence-electron chi connectivity index (χ3n) is 5.07. The Labute approximate surface area is 199 Å². The van der Waals surface area contributed by atoms with Crippen LogP contribution in [0, 0.1) is 10.1 Å². The van der Waals surface area contributed by atoms with E-state index in [4.69, 9.17) is 0 Å². The number of nitrogens with one attached hydrogen (secondary N) is 2. The fourth-order valence-electron chi connectivity index (χ4n) is 3.52. The van der Waals surface area contributed by atoms with Crippen LogP contribution in [0.25, 0.3) is 16.6 Å². The number of benzene rings is 3. The van der Waals surface area contributed by atoms with Crippen molar-refractivity contribution in [1.29, 1.82) is 0 Å². The van der Waals surface area contributed by atoms with Crippen LogP contribution in [-0.2, 0) is 21.4 Å². The number of aromatic nitrogens is 2. The van der Waals surface area contributed by atoms with Crippen molar-refractivity contribution in [2.45, 2.75) is 18.4 Å². The molecule has 1 aromatic heterocycles. The number of sulfonamides is 1. The molecule has 1 heterocycles. The predicted octanol–water partition coefficient (Wildman–Crippen LogP) is 2.73. The zero-order valence-electron chi connectivity index (χ0n) is 18.3. The van der Waals surface area contributed by atoms with Gasteiger partial charge in [0.25, 0.3) is 11.2 Å². The predicted molar refractivity (Wildman–Crippen MR) is 129 cm³/mol. The monoisotopic (exact) mass is 493 g/mol. The number of carbonyl (C=O) groups is 1. The molecule has 0 aliphatic carbocycles. The molecule has 3 aromatic carbocycles. The number of carbonyl (C=O) groups excluding carboxylic acids is 1. The third-order valence-corrected chi connectivity index (χ3v) is 6.49. The van der Waals surface area contributed by atoms with Gasteiger partial charge in [0, 0.05) is 18.7 Å². The lowest BCUT2D eigenvalue weighted by atomic mass is 10.2. The Kier molecular flexibility index (Phi) is 6.40. The minimum Gasteiger partial charge on any atom is -0.326 e. The molecule has 11 nitrogen and oxygen atoms in total. The van der Waals surface area contributed by atoms with E-state index < -0.39 is 27.1 Å². The molecule has 0 aliphatic heterocycles. The summed E-state index contributed by atoms with van der Waals surface area (Å²) in [7, 11) is -4.05. The molecule has 178 valence electrons. The van der Waals surface area contributed by atoms with Gasteiger partial charge in [-0.25, -0.2) is 18.1 Å². The van der Waals surface area contributed by atoms with Gasteiger partial charge < -0.3 is 5.32 Å². The number of nitrogens with zero attached hydrogens (tertiary/aromatic N) is 3. The van der Waals surface area contributed by atoms with Gasteiger partial charge in [-0.15, -0.1) is 0 Å². The van der Waals surface area contributed by atoms with Crippen LogP contribution in [0.2, 0.25) is 0 Å². The summed E-state index contributed by atoms with van der Waals surface area (Å²) < 4.78 is 29.2. The lowest BCUT2D eigenvalue weighted by Crippen LogP contribution is -2.30. The van der Waals surface area contributed by atoms with E-state index in [-0.39, 0.29) is 33.4 Å². The molecule has 4 rings (SSSR count). The Bertz CT molecular complexity index is 1610. The van der Waals surface area contributed by atoms with Crippen LogP contribution in [0.5, 0.6) is 0 Å². The molecule has 0 unspecified atom stereocenters. The molecule has 0 saturated carbocycles. The highest BCUT2D eigenvalue weighted by Gasteiger charge is 2.22. The maximum absolute atomic E-state index is 13.3. The number of para-hydroxylation sites is 3. The van der Waals surface area contributed by atoms with Crippen LogP contribution in [0.15, 0.2) is 82.5 Å². The highest BCUT2D eigenvalue weighted by molar-refractivity contribution is 7.89. The van der Waals surface area contributed by atoms with Crippen molar-refractivity contribution in [2.75, 3.05) is 5.32 Å². The molecule has 0 saturated heterocycles. The van der Waals surface area contributed by atoms with Crippen molar-refractivity contribution in [2.24, 2.45) is 0 Å². The molecule has 0 radical (unpaired) electrons. The van der Waals surface area contributed by atoms with Gasteiger partial charge in [0.15, 0.2) is 0 Å². The molecule has 0 bridgehead atoms. The Balaban J connectivity index is 1.77. The first-order valence-electron chi connectivity index (χ1n) is 10.3. The van der Waals surface area contributed by atoms with Gasteiger partial charge in [-0.05, 0) is 42.5 Å². The van der Waals surface area contributed by atoms with E-state index in [1.807, 2.05) is 0 Å². The number of hydrogen-bond donors (Lipinski definition) is 2. The minimum absolute atomic E-state index is 0.0264. The van der Waals surface area contributed by atoms with Gasteiger partial charge in [0.05, 0.1) is 27.3 Å². The molecule has 0 spiro atoms. The SMILES string of the molecule is CC(=O)Nc1ccc(S(=O)(=O)NCc2nc3ccccc3c(=O)n2-c2ccccc2[N+](=O)[O-])cc1. The van der Waals surface area contributed by atoms with Crippen LogP contribution in [0.3, 0.4) is 0 Å². The van der Waals surface area contributed by atoms with Crippen molar-refractivity contribution in [3.63, 3.8) is 0 Å². The van der Waals surface area contributed by atoms with E-state index in [9.17, 15) is 28.1 Å². The first-order valence-corrected chi connectivity index (χ1v) is 11.8. The van der Waals surface area contributed by atoms with Crippen molar-refractivity contribution in [1.82, 2.24) is 14.3 Å². The first kappa shape index (κ1) is 23.7. The summed E-state index contributed by atoms with van der Waals surface area (Å²) in [5, 5.41) is 14.4. The maximum Gasteiger partial charge on any atom is 0.293 e. The molecule has 4 aromatic rings. The quantitative estimate of drug-likeness (QED) is 0.296. The topological polar surface area (TPSA) is 153 Å². The number of anilines is 1. The molecule has 0 atom stereocenters.